The van der Waals surface area contributed by atoms with Crippen LogP contribution >= 0.6 is 0 Å². The molecule has 0 fully saturated rings. The molecule has 0 saturated carbocycles. The summed E-state index contributed by atoms with van der Waals surface area (Å²) < 4.78 is 0. The summed E-state index contributed by atoms with van der Waals surface area (Å²) in [6.45, 7) is -0.176. The zero-order chi connectivity index (χ0) is 27.5. The number of aromatic nitrogens is 3. The first-order valence-electron chi connectivity index (χ1n) is 12.4. The van der Waals surface area contributed by atoms with Gasteiger partial charge >= 0.3 is 5.97 Å². The van der Waals surface area contributed by atoms with Crippen molar-refractivity contribution < 1.29 is 24.3 Å². The van der Waals surface area contributed by atoms with Gasteiger partial charge < -0.3 is 42.5 Å². The summed E-state index contributed by atoms with van der Waals surface area (Å²) >= 11 is 0. The molecule has 1 aromatic carbocycles. The van der Waals surface area contributed by atoms with Crippen molar-refractivity contribution in [1.29, 1.82) is 0 Å². The second kappa shape index (κ2) is 13.9. The van der Waals surface area contributed by atoms with E-state index in [1.165, 1.54) is 6.33 Å². The van der Waals surface area contributed by atoms with Crippen molar-refractivity contribution in [2.24, 2.45) is 11.5 Å². The average molecular weight is 527 g/mol. The molecular formula is C25H34N8O5. The molecule has 0 aliphatic carbocycles. The summed E-state index contributed by atoms with van der Waals surface area (Å²) in [5, 5.41) is 17.5. The number of carboxylic acids is 1. The van der Waals surface area contributed by atoms with Gasteiger partial charge in [-0.1, -0.05) is 18.2 Å². The lowest BCUT2D eigenvalue weighted by Gasteiger charge is -2.24. The molecule has 3 aromatic rings. The molecule has 0 aliphatic rings. The van der Waals surface area contributed by atoms with Crippen LogP contribution in [0.15, 0.2) is 43.0 Å². The van der Waals surface area contributed by atoms with Gasteiger partial charge in [-0.3, -0.25) is 19.2 Å². The van der Waals surface area contributed by atoms with Crippen molar-refractivity contribution in [3.8, 4) is 0 Å². The van der Waals surface area contributed by atoms with E-state index >= 15 is 0 Å². The molecule has 3 rings (SSSR count). The molecule has 0 radical (unpaired) electrons. The third-order valence-electron chi connectivity index (χ3n) is 6.06. The standard InChI is InChI=1S/C25H34N8O5/c26-8-4-3-7-20(24(37)30-13-22(34)35)32-25(38)21(9-15-11-29-19-6-2-1-5-17(15)19)33-23(36)18(27)10-16-12-28-14-31-16/h1-2,5-6,11-12,14,18,20-21,29H,3-4,7-10,13,26-27H2,(H,28,31)(H,30,37)(H,32,38)(H,33,36)(H,34,35). The minimum absolute atomic E-state index is 0.130. The maximum Gasteiger partial charge on any atom is 0.322 e. The second-order valence-corrected chi connectivity index (χ2v) is 8.97. The molecule has 38 heavy (non-hydrogen) atoms. The van der Waals surface area contributed by atoms with Crippen LogP contribution in [0, 0.1) is 0 Å². The summed E-state index contributed by atoms with van der Waals surface area (Å²) in [4.78, 5) is 59.9. The lowest BCUT2D eigenvalue weighted by molar-refractivity contribution is -0.138. The van der Waals surface area contributed by atoms with E-state index in [-0.39, 0.29) is 19.3 Å². The summed E-state index contributed by atoms with van der Waals surface area (Å²) in [6, 6.07) is 4.53. The van der Waals surface area contributed by atoms with Gasteiger partial charge in [0, 0.05) is 41.8 Å². The van der Waals surface area contributed by atoms with Crippen LogP contribution in [-0.4, -0.2) is 75.0 Å². The smallest absolute Gasteiger partial charge is 0.322 e. The van der Waals surface area contributed by atoms with Gasteiger partial charge in [0.1, 0.15) is 18.6 Å². The Morgan fingerprint density at radius 2 is 1.74 bits per heavy atom. The fraction of sp³-hybridized carbons (Fsp3) is 0.400. The summed E-state index contributed by atoms with van der Waals surface area (Å²) in [7, 11) is 0. The van der Waals surface area contributed by atoms with Crippen LogP contribution in [0.1, 0.15) is 30.5 Å². The Kier molecular flexibility index (Phi) is 10.4. The van der Waals surface area contributed by atoms with E-state index in [1.807, 2.05) is 24.3 Å². The van der Waals surface area contributed by atoms with Crippen LogP contribution in [-0.2, 0) is 32.0 Å². The largest absolute Gasteiger partial charge is 0.480 e. The molecule has 0 bridgehead atoms. The van der Waals surface area contributed by atoms with Crippen LogP contribution < -0.4 is 27.4 Å². The Morgan fingerprint density at radius 3 is 2.45 bits per heavy atom. The van der Waals surface area contributed by atoms with Crippen molar-refractivity contribution in [3.05, 3.63) is 54.2 Å². The van der Waals surface area contributed by atoms with Gasteiger partial charge in [-0.05, 0) is 37.4 Å². The Bertz CT molecular complexity index is 1230. The highest BCUT2D eigenvalue weighted by molar-refractivity contribution is 5.94. The number of unbranched alkanes of at least 4 members (excludes halogenated alkanes) is 1. The number of amides is 3. The van der Waals surface area contributed by atoms with Crippen LogP contribution in [0.5, 0.6) is 0 Å². The zero-order valence-electron chi connectivity index (χ0n) is 20.9. The number of aliphatic carboxylic acids is 1. The topological polar surface area (TPSA) is 221 Å². The predicted octanol–water partition coefficient (Wildman–Crippen LogP) is -0.697. The molecule has 2 aromatic heterocycles. The van der Waals surface area contributed by atoms with E-state index in [0.29, 0.717) is 25.1 Å². The average Bonchev–Trinajstić information content (AvgIpc) is 3.56. The number of imidazole rings is 1. The van der Waals surface area contributed by atoms with Gasteiger partial charge in [0.15, 0.2) is 0 Å². The number of aromatic amines is 2. The van der Waals surface area contributed by atoms with Gasteiger partial charge in [0.25, 0.3) is 0 Å². The highest BCUT2D eigenvalue weighted by Crippen LogP contribution is 2.19. The number of nitrogens with one attached hydrogen (secondary N) is 5. The van der Waals surface area contributed by atoms with E-state index in [0.717, 1.165) is 16.5 Å². The van der Waals surface area contributed by atoms with E-state index < -0.39 is 48.4 Å². The third-order valence-corrected chi connectivity index (χ3v) is 6.06. The molecule has 0 saturated heterocycles. The fourth-order valence-electron chi connectivity index (χ4n) is 4.05. The van der Waals surface area contributed by atoms with Gasteiger partial charge in [0.05, 0.1) is 12.4 Å². The lowest BCUT2D eigenvalue weighted by atomic mass is 10.0. The fourth-order valence-corrected chi connectivity index (χ4v) is 4.05. The molecule has 10 N–H and O–H groups in total. The highest BCUT2D eigenvalue weighted by Gasteiger charge is 2.29. The van der Waals surface area contributed by atoms with E-state index in [2.05, 4.69) is 30.9 Å². The number of carboxylic acid groups (broad SMARTS) is 1. The monoisotopic (exact) mass is 526 g/mol. The maximum absolute atomic E-state index is 13.5. The SMILES string of the molecule is NCCCCC(NC(=O)C(Cc1c[nH]c2ccccc12)NC(=O)C(N)Cc1cnc[nH]1)C(=O)NCC(=O)O. The summed E-state index contributed by atoms with van der Waals surface area (Å²) in [5.41, 5.74) is 14.0. The van der Waals surface area contributed by atoms with Crippen LogP contribution in [0.2, 0.25) is 0 Å². The molecule has 204 valence electrons. The number of nitrogens with zero attached hydrogens (tertiary/aromatic N) is 1. The second-order valence-electron chi connectivity index (χ2n) is 8.97. The van der Waals surface area contributed by atoms with Gasteiger partial charge in [-0.25, -0.2) is 4.98 Å². The maximum atomic E-state index is 13.5. The van der Waals surface area contributed by atoms with Gasteiger partial charge in [-0.2, -0.15) is 0 Å². The number of nitrogens with two attached hydrogens (primary N) is 2. The third kappa shape index (κ3) is 8.15. The number of hydrogen-bond donors (Lipinski definition) is 8. The van der Waals surface area contributed by atoms with E-state index in [1.54, 1.807) is 12.4 Å². The molecule has 13 heteroatoms. The molecule has 13 nitrogen and oxygen atoms in total. The van der Waals surface area contributed by atoms with E-state index in [4.69, 9.17) is 16.6 Å². The molecule has 3 atom stereocenters. The first-order chi connectivity index (χ1) is 18.3. The van der Waals surface area contributed by atoms with Crippen molar-refractivity contribution in [3.63, 3.8) is 0 Å². The van der Waals surface area contributed by atoms with Crippen LogP contribution in [0.3, 0.4) is 0 Å². The van der Waals surface area contributed by atoms with Gasteiger partial charge in [0.2, 0.25) is 17.7 Å². The normalized spacial score (nSPS) is 13.4. The van der Waals surface area contributed by atoms with Crippen molar-refractivity contribution in [2.45, 2.75) is 50.2 Å². The Balaban J connectivity index is 1.79. The number of carbonyl (C=O) groups excluding carboxylic acids is 3. The first-order valence-corrected chi connectivity index (χ1v) is 12.4. The molecule has 3 unspecified atom stereocenters. The van der Waals surface area contributed by atoms with Gasteiger partial charge in [-0.15, -0.1) is 0 Å². The van der Waals surface area contributed by atoms with Crippen LogP contribution in [0.4, 0.5) is 0 Å². The number of fused-ring (bicyclic) bond motifs is 1. The highest BCUT2D eigenvalue weighted by atomic mass is 16.4. The zero-order valence-corrected chi connectivity index (χ0v) is 20.9. The Morgan fingerprint density at radius 1 is 0.974 bits per heavy atom. The summed E-state index contributed by atoms with van der Waals surface area (Å²) in [5.74, 6) is -2.98. The minimum atomic E-state index is -1.21. The minimum Gasteiger partial charge on any atom is -0.480 e. The number of rotatable bonds is 15. The lowest BCUT2D eigenvalue weighted by Crippen LogP contribution is -2.56. The quantitative estimate of drug-likeness (QED) is 0.118. The van der Waals surface area contributed by atoms with E-state index in [9.17, 15) is 19.2 Å². The molecule has 3 amide bonds. The van der Waals surface area contributed by atoms with Crippen molar-refractivity contribution in [2.75, 3.05) is 13.1 Å². The number of benzene rings is 1. The number of H-pyrrole nitrogens is 2. The van der Waals surface area contributed by atoms with Crippen LogP contribution in [0.25, 0.3) is 10.9 Å². The number of carbonyl (C=O) groups is 4. The molecule has 0 aliphatic heterocycles. The number of para-hydroxylation sites is 1. The molecule has 0 spiro atoms. The Hall–Kier alpha value is -4.23. The number of hydrogen-bond acceptors (Lipinski definition) is 7. The summed E-state index contributed by atoms with van der Waals surface area (Å²) in [6.07, 6.45) is 6.53. The molecular weight excluding hydrogens is 492 g/mol. The van der Waals surface area contributed by atoms with Crippen molar-refractivity contribution >= 4 is 34.6 Å². The predicted molar refractivity (Wildman–Crippen MR) is 140 cm³/mol. The van der Waals surface area contributed by atoms with Crippen molar-refractivity contribution in [1.82, 2.24) is 30.9 Å². The Labute approximate surface area is 219 Å². The first kappa shape index (κ1) is 28.3. The molecule has 2 heterocycles.